The molecule has 13 heavy (non-hydrogen) atoms. The second-order valence-corrected chi connectivity index (χ2v) is 4.32. The van der Waals surface area contributed by atoms with Crippen LogP contribution < -0.4 is 4.90 Å². The van der Waals surface area contributed by atoms with Gasteiger partial charge in [-0.05, 0) is 18.8 Å². The third-order valence-corrected chi connectivity index (χ3v) is 3.30. The van der Waals surface area contributed by atoms with Gasteiger partial charge in [0.25, 0.3) is 0 Å². The van der Waals surface area contributed by atoms with Crippen LogP contribution in [0.15, 0.2) is 11.6 Å². The van der Waals surface area contributed by atoms with Crippen LogP contribution in [0.4, 0.5) is 5.13 Å². The van der Waals surface area contributed by atoms with Gasteiger partial charge in [0.05, 0.1) is 0 Å². The highest BCUT2D eigenvalue weighted by Crippen LogP contribution is 2.24. The summed E-state index contributed by atoms with van der Waals surface area (Å²) in [5, 5.41) is 12.2. The molecule has 1 aliphatic rings. The van der Waals surface area contributed by atoms with Gasteiger partial charge >= 0.3 is 0 Å². The molecule has 2 heterocycles. The molecule has 1 atom stereocenters. The van der Waals surface area contributed by atoms with Crippen LogP contribution in [0, 0.1) is 5.92 Å². The predicted molar refractivity (Wildman–Crippen MR) is 54.1 cm³/mol. The number of aliphatic hydroxyl groups is 1. The van der Waals surface area contributed by atoms with E-state index in [9.17, 15) is 0 Å². The quantitative estimate of drug-likeness (QED) is 0.779. The molecule has 1 N–H and O–H groups in total. The highest BCUT2D eigenvalue weighted by molar-refractivity contribution is 7.13. The van der Waals surface area contributed by atoms with Crippen molar-refractivity contribution in [1.82, 2.24) is 4.98 Å². The Kier molecular flexibility index (Phi) is 2.80. The molecule has 0 spiro atoms. The first kappa shape index (κ1) is 8.97. The summed E-state index contributed by atoms with van der Waals surface area (Å²) in [5.74, 6) is 0.442. The normalized spacial score (nSPS) is 23.5. The number of aliphatic hydroxyl groups excluding tert-OH is 1. The molecule has 2 rings (SSSR count). The Hall–Kier alpha value is -0.610. The van der Waals surface area contributed by atoms with Gasteiger partial charge in [0.15, 0.2) is 5.13 Å². The molecule has 0 saturated carbocycles. The van der Waals surface area contributed by atoms with Gasteiger partial charge in [0.1, 0.15) is 0 Å². The van der Waals surface area contributed by atoms with E-state index in [2.05, 4.69) is 9.88 Å². The molecule has 0 bridgehead atoms. The number of aromatic nitrogens is 1. The monoisotopic (exact) mass is 198 g/mol. The zero-order chi connectivity index (χ0) is 9.10. The highest BCUT2D eigenvalue weighted by atomic mass is 32.1. The van der Waals surface area contributed by atoms with E-state index in [0.29, 0.717) is 12.5 Å². The minimum Gasteiger partial charge on any atom is -0.396 e. The fourth-order valence-electron chi connectivity index (χ4n) is 1.76. The minimum absolute atomic E-state index is 0.307. The molecule has 72 valence electrons. The Morgan fingerprint density at radius 3 is 3.31 bits per heavy atom. The Bertz CT molecular complexity index is 250. The van der Waals surface area contributed by atoms with Crippen molar-refractivity contribution in [3.05, 3.63) is 11.6 Å². The zero-order valence-corrected chi connectivity index (χ0v) is 8.33. The van der Waals surface area contributed by atoms with Crippen LogP contribution in [0.3, 0.4) is 0 Å². The van der Waals surface area contributed by atoms with Gasteiger partial charge in [-0.15, -0.1) is 11.3 Å². The molecule has 1 aromatic rings. The van der Waals surface area contributed by atoms with Gasteiger partial charge in [-0.3, -0.25) is 0 Å². The van der Waals surface area contributed by atoms with Crippen molar-refractivity contribution >= 4 is 16.5 Å². The van der Waals surface area contributed by atoms with E-state index >= 15 is 0 Å². The van der Waals surface area contributed by atoms with Crippen molar-refractivity contribution in [3.8, 4) is 0 Å². The van der Waals surface area contributed by atoms with Crippen molar-refractivity contribution in [2.24, 2.45) is 5.92 Å². The van der Waals surface area contributed by atoms with Crippen LogP contribution in [-0.4, -0.2) is 29.8 Å². The number of anilines is 1. The lowest BCUT2D eigenvalue weighted by atomic mass is 10.00. The van der Waals surface area contributed by atoms with Crippen LogP contribution in [0.2, 0.25) is 0 Å². The molecule has 1 saturated heterocycles. The van der Waals surface area contributed by atoms with E-state index in [1.807, 2.05) is 11.6 Å². The van der Waals surface area contributed by atoms with E-state index in [0.717, 1.165) is 24.6 Å². The second kappa shape index (κ2) is 4.07. The molecular formula is C9H14N2OS. The van der Waals surface area contributed by atoms with E-state index in [1.54, 1.807) is 11.3 Å². The summed E-state index contributed by atoms with van der Waals surface area (Å²) in [5.41, 5.74) is 0. The largest absolute Gasteiger partial charge is 0.396 e. The first-order chi connectivity index (χ1) is 6.40. The van der Waals surface area contributed by atoms with E-state index in [4.69, 9.17) is 5.11 Å². The van der Waals surface area contributed by atoms with Crippen molar-refractivity contribution in [2.75, 3.05) is 24.6 Å². The van der Waals surface area contributed by atoms with Crippen LogP contribution in [0.1, 0.15) is 12.8 Å². The van der Waals surface area contributed by atoms with Crippen molar-refractivity contribution < 1.29 is 5.11 Å². The number of piperidine rings is 1. The molecule has 4 heteroatoms. The molecule has 0 radical (unpaired) electrons. The smallest absolute Gasteiger partial charge is 0.185 e. The van der Waals surface area contributed by atoms with Crippen molar-refractivity contribution in [1.29, 1.82) is 0 Å². The van der Waals surface area contributed by atoms with Gasteiger partial charge in [-0.2, -0.15) is 0 Å². The second-order valence-electron chi connectivity index (χ2n) is 3.45. The lowest BCUT2D eigenvalue weighted by molar-refractivity contribution is 0.208. The first-order valence-electron chi connectivity index (χ1n) is 4.65. The molecule has 0 amide bonds. The van der Waals surface area contributed by atoms with E-state index in [-0.39, 0.29) is 0 Å². The van der Waals surface area contributed by atoms with Crippen molar-refractivity contribution in [2.45, 2.75) is 12.8 Å². The maximum Gasteiger partial charge on any atom is 0.185 e. The van der Waals surface area contributed by atoms with Gasteiger partial charge in [0.2, 0.25) is 0 Å². The summed E-state index contributed by atoms with van der Waals surface area (Å²) in [6, 6.07) is 0. The Morgan fingerprint density at radius 2 is 2.62 bits per heavy atom. The molecule has 0 unspecified atom stereocenters. The standard InChI is InChI=1S/C9H14N2OS/c12-7-8-2-1-4-11(6-8)9-10-3-5-13-9/h3,5,8,12H,1-2,4,6-7H2/t8-/m0/s1. The lowest BCUT2D eigenvalue weighted by Gasteiger charge is -2.31. The minimum atomic E-state index is 0.307. The number of hydrogen-bond donors (Lipinski definition) is 1. The number of rotatable bonds is 2. The van der Waals surface area contributed by atoms with E-state index < -0.39 is 0 Å². The number of hydrogen-bond acceptors (Lipinski definition) is 4. The van der Waals surface area contributed by atoms with Crippen LogP contribution in [0.25, 0.3) is 0 Å². The van der Waals surface area contributed by atoms with Crippen LogP contribution >= 0.6 is 11.3 Å². The van der Waals surface area contributed by atoms with Gasteiger partial charge in [0, 0.05) is 31.3 Å². The summed E-state index contributed by atoms with van der Waals surface area (Å²) in [6.45, 7) is 2.36. The predicted octanol–water partition coefficient (Wildman–Crippen LogP) is 1.35. The molecular weight excluding hydrogens is 184 g/mol. The third-order valence-electron chi connectivity index (χ3n) is 2.47. The topological polar surface area (TPSA) is 36.4 Å². The third kappa shape index (κ3) is 2.00. The summed E-state index contributed by atoms with van der Waals surface area (Å²) < 4.78 is 0. The SMILES string of the molecule is OC[C@H]1CCCN(c2nccs2)C1. The maximum absolute atomic E-state index is 9.06. The molecule has 0 aromatic carbocycles. The average Bonchev–Trinajstić information content (AvgIpc) is 2.71. The van der Waals surface area contributed by atoms with Gasteiger partial charge in [-0.25, -0.2) is 4.98 Å². The number of nitrogens with zero attached hydrogens (tertiary/aromatic N) is 2. The summed E-state index contributed by atoms with van der Waals surface area (Å²) in [7, 11) is 0. The van der Waals surface area contributed by atoms with Gasteiger partial charge < -0.3 is 10.0 Å². The average molecular weight is 198 g/mol. The summed E-state index contributed by atoms with van der Waals surface area (Å²) in [4.78, 5) is 6.54. The highest BCUT2D eigenvalue weighted by Gasteiger charge is 2.20. The maximum atomic E-state index is 9.06. The summed E-state index contributed by atoms with van der Waals surface area (Å²) in [6.07, 6.45) is 4.16. The Labute approximate surface area is 82.0 Å². The fourth-order valence-corrected chi connectivity index (χ4v) is 2.44. The fraction of sp³-hybridized carbons (Fsp3) is 0.667. The van der Waals surface area contributed by atoms with Gasteiger partial charge in [-0.1, -0.05) is 0 Å². The van der Waals surface area contributed by atoms with E-state index in [1.165, 1.54) is 6.42 Å². The van der Waals surface area contributed by atoms with Crippen molar-refractivity contribution in [3.63, 3.8) is 0 Å². The Balaban J connectivity index is 2.00. The summed E-state index contributed by atoms with van der Waals surface area (Å²) >= 11 is 1.68. The van der Waals surface area contributed by atoms with Crippen LogP contribution in [0.5, 0.6) is 0 Å². The molecule has 1 aliphatic heterocycles. The number of thiazole rings is 1. The lowest BCUT2D eigenvalue weighted by Crippen LogP contribution is -2.36. The molecule has 1 aromatic heterocycles. The first-order valence-corrected chi connectivity index (χ1v) is 5.53. The molecule has 0 aliphatic carbocycles. The molecule has 1 fully saturated rings. The zero-order valence-electron chi connectivity index (χ0n) is 7.52. The van der Waals surface area contributed by atoms with Crippen LogP contribution in [-0.2, 0) is 0 Å². The Morgan fingerprint density at radius 1 is 1.69 bits per heavy atom. The molecule has 3 nitrogen and oxygen atoms in total.